The van der Waals surface area contributed by atoms with Gasteiger partial charge in [0.15, 0.2) is 0 Å². The summed E-state index contributed by atoms with van der Waals surface area (Å²) >= 11 is 1.77. The smallest absolute Gasteiger partial charge is 0.270 e. The average molecular weight is 306 g/mol. The first kappa shape index (κ1) is 14.3. The van der Waals surface area contributed by atoms with E-state index in [1.54, 1.807) is 23.8 Å². The fourth-order valence-corrected chi connectivity index (χ4v) is 3.70. The van der Waals surface area contributed by atoms with Crippen molar-refractivity contribution in [3.63, 3.8) is 0 Å². The van der Waals surface area contributed by atoms with Gasteiger partial charge in [0.1, 0.15) is 11.4 Å². The van der Waals surface area contributed by atoms with Crippen molar-refractivity contribution in [1.29, 1.82) is 0 Å². The predicted molar refractivity (Wildman–Crippen MR) is 84.1 cm³/mol. The molecule has 5 nitrogen and oxygen atoms in total. The van der Waals surface area contributed by atoms with Gasteiger partial charge in [0, 0.05) is 29.0 Å². The molecule has 112 valence electrons. The van der Waals surface area contributed by atoms with E-state index < -0.39 is 0 Å². The normalized spacial score (nSPS) is 19.0. The standard InChI is InChI=1S/C15H18N2O3S/c1-20-14-4-2-3-12-11(14)7-13(16-12)15(19)17-5-6-21-9-10(17)8-18/h2-4,7,10,16,18H,5-6,8-9H2,1H3. The quantitative estimate of drug-likeness (QED) is 0.906. The summed E-state index contributed by atoms with van der Waals surface area (Å²) in [5, 5.41) is 10.3. The Balaban J connectivity index is 1.94. The van der Waals surface area contributed by atoms with Crippen LogP contribution in [0.5, 0.6) is 5.75 Å². The molecule has 1 saturated heterocycles. The van der Waals surface area contributed by atoms with E-state index in [9.17, 15) is 9.90 Å². The third-order valence-electron chi connectivity index (χ3n) is 3.77. The molecule has 0 saturated carbocycles. The van der Waals surface area contributed by atoms with E-state index in [1.165, 1.54) is 0 Å². The number of hydrogen-bond acceptors (Lipinski definition) is 4. The zero-order valence-electron chi connectivity index (χ0n) is 11.8. The number of methoxy groups -OCH3 is 1. The van der Waals surface area contributed by atoms with Gasteiger partial charge in [-0.3, -0.25) is 4.79 Å². The number of nitrogens with one attached hydrogen (secondary N) is 1. The molecule has 1 aliphatic rings. The maximum atomic E-state index is 12.7. The summed E-state index contributed by atoms with van der Waals surface area (Å²) in [5.41, 5.74) is 1.42. The third kappa shape index (κ3) is 2.61. The number of carbonyl (C=O) groups excluding carboxylic acids is 1. The summed E-state index contributed by atoms with van der Waals surface area (Å²) in [7, 11) is 1.62. The summed E-state index contributed by atoms with van der Waals surface area (Å²) in [6.45, 7) is 0.670. The summed E-state index contributed by atoms with van der Waals surface area (Å²) in [6.07, 6.45) is 0. The molecule has 1 fully saturated rings. The number of ether oxygens (including phenoxy) is 1. The van der Waals surface area contributed by atoms with E-state index in [1.807, 2.05) is 24.3 Å². The van der Waals surface area contributed by atoms with Crippen LogP contribution in [0.4, 0.5) is 0 Å². The number of H-pyrrole nitrogens is 1. The SMILES string of the molecule is COc1cccc2[nH]c(C(=O)N3CCSCC3CO)cc12. The first-order valence-corrected chi connectivity index (χ1v) is 8.05. The van der Waals surface area contributed by atoms with E-state index >= 15 is 0 Å². The van der Waals surface area contributed by atoms with Crippen molar-refractivity contribution in [2.45, 2.75) is 6.04 Å². The highest BCUT2D eigenvalue weighted by Crippen LogP contribution is 2.27. The van der Waals surface area contributed by atoms with Crippen LogP contribution in [0, 0.1) is 0 Å². The van der Waals surface area contributed by atoms with Crippen LogP contribution in [0.25, 0.3) is 10.9 Å². The number of amides is 1. The number of aliphatic hydroxyl groups excluding tert-OH is 1. The molecule has 3 rings (SSSR count). The van der Waals surface area contributed by atoms with Gasteiger partial charge in [-0.2, -0.15) is 11.8 Å². The number of hydrogen-bond donors (Lipinski definition) is 2. The molecular weight excluding hydrogens is 288 g/mol. The van der Waals surface area contributed by atoms with Gasteiger partial charge in [0.25, 0.3) is 5.91 Å². The van der Waals surface area contributed by atoms with E-state index in [4.69, 9.17) is 4.74 Å². The number of thioether (sulfide) groups is 1. The number of rotatable bonds is 3. The number of carbonyl (C=O) groups is 1. The first-order chi connectivity index (χ1) is 10.2. The van der Waals surface area contributed by atoms with Crippen molar-refractivity contribution < 1.29 is 14.6 Å². The molecule has 1 aliphatic heterocycles. The van der Waals surface area contributed by atoms with Gasteiger partial charge < -0.3 is 19.7 Å². The first-order valence-electron chi connectivity index (χ1n) is 6.90. The van der Waals surface area contributed by atoms with Crippen molar-refractivity contribution in [2.75, 3.05) is 31.8 Å². The van der Waals surface area contributed by atoms with Gasteiger partial charge in [-0.05, 0) is 18.2 Å². The number of nitrogens with zero attached hydrogens (tertiary/aromatic N) is 1. The molecule has 2 N–H and O–H groups in total. The summed E-state index contributed by atoms with van der Waals surface area (Å²) < 4.78 is 5.32. The van der Waals surface area contributed by atoms with Crippen LogP contribution in [0.15, 0.2) is 24.3 Å². The molecule has 1 unspecified atom stereocenters. The van der Waals surface area contributed by atoms with Gasteiger partial charge in [-0.15, -0.1) is 0 Å². The van der Waals surface area contributed by atoms with Crippen LogP contribution in [0.3, 0.4) is 0 Å². The van der Waals surface area contributed by atoms with E-state index in [0.29, 0.717) is 12.2 Å². The number of benzene rings is 1. The second-order valence-electron chi connectivity index (χ2n) is 5.01. The molecule has 0 bridgehead atoms. The fourth-order valence-electron chi connectivity index (χ4n) is 2.65. The highest BCUT2D eigenvalue weighted by atomic mass is 32.2. The Morgan fingerprint density at radius 3 is 3.19 bits per heavy atom. The van der Waals surface area contributed by atoms with Gasteiger partial charge in [-0.1, -0.05) is 6.07 Å². The Labute approximate surface area is 127 Å². The maximum absolute atomic E-state index is 12.7. The monoisotopic (exact) mass is 306 g/mol. The molecule has 21 heavy (non-hydrogen) atoms. The lowest BCUT2D eigenvalue weighted by Crippen LogP contribution is -2.48. The molecule has 1 amide bonds. The second-order valence-corrected chi connectivity index (χ2v) is 6.16. The highest BCUT2D eigenvalue weighted by molar-refractivity contribution is 7.99. The molecule has 1 atom stereocenters. The van der Waals surface area contributed by atoms with Crippen LogP contribution < -0.4 is 4.74 Å². The molecule has 6 heteroatoms. The second kappa shape index (κ2) is 5.99. The van der Waals surface area contributed by atoms with Crippen molar-refractivity contribution in [3.05, 3.63) is 30.0 Å². The van der Waals surface area contributed by atoms with Gasteiger partial charge >= 0.3 is 0 Å². The molecule has 1 aromatic heterocycles. The van der Waals surface area contributed by atoms with Gasteiger partial charge in [-0.25, -0.2) is 0 Å². The molecule has 2 heterocycles. The molecule has 2 aromatic rings. The molecule has 1 aromatic carbocycles. The van der Waals surface area contributed by atoms with Crippen molar-refractivity contribution in [3.8, 4) is 5.75 Å². The van der Waals surface area contributed by atoms with E-state index in [0.717, 1.165) is 28.2 Å². The number of aromatic amines is 1. The average Bonchev–Trinajstić information content (AvgIpc) is 2.98. The Morgan fingerprint density at radius 1 is 1.57 bits per heavy atom. The largest absolute Gasteiger partial charge is 0.496 e. The Morgan fingerprint density at radius 2 is 2.43 bits per heavy atom. The van der Waals surface area contributed by atoms with Crippen LogP contribution in [-0.4, -0.2) is 58.7 Å². The minimum Gasteiger partial charge on any atom is -0.496 e. The maximum Gasteiger partial charge on any atom is 0.270 e. The van der Waals surface area contributed by atoms with Crippen LogP contribution in [0.1, 0.15) is 10.5 Å². The Bertz CT molecular complexity index is 655. The Kier molecular flexibility index (Phi) is 4.07. The lowest BCUT2D eigenvalue weighted by molar-refractivity contribution is 0.0627. The summed E-state index contributed by atoms with van der Waals surface area (Å²) in [6, 6.07) is 7.40. The van der Waals surface area contributed by atoms with Crippen molar-refractivity contribution >= 4 is 28.6 Å². The number of aliphatic hydroxyl groups is 1. The minimum absolute atomic E-state index is 0.00227. The topological polar surface area (TPSA) is 65.6 Å². The zero-order valence-corrected chi connectivity index (χ0v) is 12.7. The van der Waals surface area contributed by atoms with Crippen molar-refractivity contribution in [1.82, 2.24) is 9.88 Å². The predicted octanol–water partition coefficient (Wildman–Crippen LogP) is 1.73. The lowest BCUT2D eigenvalue weighted by atomic mass is 10.2. The fraction of sp³-hybridized carbons (Fsp3) is 0.400. The molecule has 0 radical (unpaired) electrons. The van der Waals surface area contributed by atoms with Crippen LogP contribution in [0.2, 0.25) is 0 Å². The van der Waals surface area contributed by atoms with Crippen LogP contribution >= 0.6 is 11.8 Å². The summed E-state index contributed by atoms with van der Waals surface area (Å²) in [5.74, 6) is 2.38. The number of aromatic nitrogens is 1. The number of fused-ring (bicyclic) bond motifs is 1. The molecule has 0 spiro atoms. The molecular formula is C15H18N2O3S. The third-order valence-corrected chi connectivity index (χ3v) is 4.87. The van der Waals surface area contributed by atoms with Crippen molar-refractivity contribution in [2.24, 2.45) is 0 Å². The lowest BCUT2D eigenvalue weighted by Gasteiger charge is -2.33. The Hall–Kier alpha value is -1.66. The van der Waals surface area contributed by atoms with Gasteiger partial charge in [0.05, 0.1) is 19.8 Å². The molecule has 0 aliphatic carbocycles. The van der Waals surface area contributed by atoms with E-state index in [-0.39, 0.29) is 18.6 Å². The van der Waals surface area contributed by atoms with Gasteiger partial charge in [0.2, 0.25) is 0 Å². The van der Waals surface area contributed by atoms with Crippen LogP contribution in [-0.2, 0) is 0 Å². The van der Waals surface area contributed by atoms with E-state index in [2.05, 4.69) is 4.98 Å². The minimum atomic E-state index is -0.107. The summed E-state index contributed by atoms with van der Waals surface area (Å²) in [4.78, 5) is 17.6. The highest BCUT2D eigenvalue weighted by Gasteiger charge is 2.28. The zero-order chi connectivity index (χ0) is 14.8.